The Kier molecular flexibility index (Phi) is 5.48. The molecule has 7 nitrogen and oxygen atoms in total. The van der Waals surface area contributed by atoms with E-state index in [2.05, 4.69) is 10.2 Å². The van der Waals surface area contributed by atoms with E-state index >= 15 is 0 Å². The lowest BCUT2D eigenvalue weighted by molar-refractivity contribution is 0.115. The fraction of sp³-hybridized carbons (Fsp3) is 0.588. The van der Waals surface area contributed by atoms with E-state index in [1.54, 1.807) is 12.0 Å². The van der Waals surface area contributed by atoms with Crippen LogP contribution in [0.4, 0.5) is 4.79 Å². The molecule has 1 unspecified atom stereocenters. The highest BCUT2D eigenvalue weighted by molar-refractivity contribution is 7.91. The summed E-state index contributed by atoms with van der Waals surface area (Å²) in [6.07, 6.45) is 0.714. The van der Waals surface area contributed by atoms with Gasteiger partial charge in [0.2, 0.25) is 0 Å². The maximum absolute atomic E-state index is 12.3. The van der Waals surface area contributed by atoms with Crippen molar-refractivity contribution in [2.45, 2.75) is 19.0 Å². The Morgan fingerprint density at radius 3 is 2.44 bits per heavy atom. The predicted molar refractivity (Wildman–Crippen MR) is 95.4 cm³/mol. The van der Waals surface area contributed by atoms with Crippen molar-refractivity contribution >= 4 is 15.9 Å². The van der Waals surface area contributed by atoms with Crippen LogP contribution in [0.5, 0.6) is 5.75 Å². The van der Waals surface area contributed by atoms with Crippen LogP contribution in [0.1, 0.15) is 12.0 Å². The average Bonchev–Trinajstić information content (AvgIpc) is 3.00. The molecule has 0 aliphatic carbocycles. The lowest BCUT2D eigenvalue weighted by atomic mass is 10.2. The molecule has 2 aliphatic rings. The Labute approximate surface area is 148 Å². The van der Waals surface area contributed by atoms with Gasteiger partial charge < -0.3 is 15.0 Å². The summed E-state index contributed by atoms with van der Waals surface area (Å²) in [5.41, 5.74) is 1.02. The predicted octanol–water partition coefficient (Wildman–Crippen LogP) is 0.710. The van der Waals surface area contributed by atoms with Crippen LogP contribution in [-0.2, 0) is 16.4 Å². The van der Waals surface area contributed by atoms with E-state index in [-0.39, 0.29) is 17.8 Å². The third-order valence-electron chi connectivity index (χ3n) is 4.93. The number of hydrogen-bond acceptors (Lipinski definition) is 5. The van der Waals surface area contributed by atoms with E-state index in [4.69, 9.17) is 4.74 Å². The van der Waals surface area contributed by atoms with Crippen molar-refractivity contribution in [2.24, 2.45) is 0 Å². The Morgan fingerprint density at radius 1 is 1.20 bits per heavy atom. The molecule has 1 aromatic carbocycles. The van der Waals surface area contributed by atoms with Gasteiger partial charge in [0.15, 0.2) is 9.84 Å². The summed E-state index contributed by atoms with van der Waals surface area (Å²) in [5, 5.41) is 2.94. The summed E-state index contributed by atoms with van der Waals surface area (Å²) in [6, 6.07) is 7.64. The normalized spacial score (nSPS) is 23.4. The third kappa shape index (κ3) is 4.64. The van der Waals surface area contributed by atoms with Crippen LogP contribution < -0.4 is 10.1 Å². The lowest BCUT2D eigenvalue weighted by Crippen LogP contribution is -2.54. The van der Waals surface area contributed by atoms with E-state index in [0.717, 1.165) is 24.4 Å². The van der Waals surface area contributed by atoms with Crippen molar-refractivity contribution in [3.8, 4) is 5.75 Å². The fourth-order valence-electron chi connectivity index (χ4n) is 3.39. The first-order valence-corrected chi connectivity index (χ1v) is 10.4. The molecule has 0 aromatic heterocycles. The van der Waals surface area contributed by atoms with Crippen molar-refractivity contribution in [2.75, 3.05) is 44.8 Å². The van der Waals surface area contributed by atoms with Crippen LogP contribution in [0.15, 0.2) is 24.3 Å². The molecule has 1 N–H and O–H groups in total. The summed E-state index contributed by atoms with van der Waals surface area (Å²) in [4.78, 5) is 16.3. The van der Waals surface area contributed by atoms with Gasteiger partial charge >= 0.3 is 6.03 Å². The minimum atomic E-state index is -2.86. The summed E-state index contributed by atoms with van der Waals surface area (Å²) in [7, 11) is -1.24. The minimum absolute atomic E-state index is 0.0745. The van der Waals surface area contributed by atoms with Gasteiger partial charge in [-0.2, -0.15) is 0 Å². The van der Waals surface area contributed by atoms with Crippen LogP contribution in [0.25, 0.3) is 0 Å². The van der Waals surface area contributed by atoms with Gasteiger partial charge in [0.25, 0.3) is 0 Å². The van der Waals surface area contributed by atoms with E-state index in [1.807, 2.05) is 24.3 Å². The summed E-state index contributed by atoms with van der Waals surface area (Å²) < 4.78 is 28.3. The highest BCUT2D eigenvalue weighted by Gasteiger charge is 2.34. The number of urea groups is 1. The minimum Gasteiger partial charge on any atom is -0.497 e. The first kappa shape index (κ1) is 18.0. The second kappa shape index (κ2) is 7.61. The second-order valence-electron chi connectivity index (χ2n) is 6.59. The van der Waals surface area contributed by atoms with E-state index < -0.39 is 9.84 Å². The molecule has 2 amide bonds. The van der Waals surface area contributed by atoms with Crippen LogP contribution in [0, 0.1) is 0 Å². The van der Waals surface area contributed by atoms with Gasteiger partial charge in [0.1, 0.15) is 5.75 Å². The zero-order valence-electron chi connectivity index (χ0n) is 14.5. The molecule has 0 saturated carbocycles. The number of methoxy groups -OCH3 is 1. The van der Waals surface area contributed by atoms with E-state index in [1.165, 1.54) is 0 Å². The van der Waals surface area contributed by atoms with Crippen molar-refractivity contribution < 1.29 is 17.9 Å². The summed E-state index contributed by atoms with van der Waals surface area (Å²) in [6.45, 7) is 3.20. The van der Waals surface area contributed by atoms with Gasteiger partial charge in [-0.15, -0.1) is 0 Å². The molecule has 25 heavy (non-hydrogen) atoms. The molecule has 3 rings (SSSR count). The Bertz CT molecular complexity index is 697. The van der Waals surface area contributed by atoms with Gasteiger partial charge in [-0.25, -0.2) is 13.2 Å². The first-order valence-electron chi connectivity index (χ1n) is 8.57. The smallest absolute Gasteiger partial charge is 0.317 e. The molecule has 138 valence electrons. The number of amides is 2. The van der Waals surface area contributed by atoms with Gasteiger partial charge in [0, 0.05) is 38.8 Å². The Hall–Kier alpha value is -1.80. The maximum atomic E-state index is 12.3. The Morgan fingerprint density at radius 2 is 1.88 bits per heavy atom. The number of carbonyl (C=O) groups is 1. The molecule has 2 heterocycles. The standard InChI is InChI=1S/C17H25N3O4S/c1-24-16-4-2-14(3-5-16)12-18-17(21)20-9-7-19(8-10-20)15-6-11-25(22,23)13-15/h2-5,15H,6-13H2,1H3,(H,18,21). The number of ether oxygens (including phenoxy) is 1. The van der Waals surface area contributed by atoms with Gasteiger partial charge in [-0.1, -0.05) is 12.1 Å². The summed E-state index contributed by atoms with van der Waals surface area (Å²) in [5.74, 6) is 1.34. The number of carbonyl (C=O) groups excluding carboxylic acids is 1. The number of hydrogen-bond donors (Lipinski definition) is 1. The number of sulfone groups is 1. The number of benzene rings is 1. The van der Waals surface area contributed by atoms with Crippen molar-refractivity contribution in [3.63, 3.8) is 0 Å². The van der Waals surface area contributed by atoms with E-state index in [9.17, 15) is 13.2 Å². The molecule has 0 spiro atoms. The molecule has 2 fully saturated rings. The van der Waals surface area contributed by atoms with Gasteiger partial charge in [0.05, 0.1) is 18.6 Å². The van der Waals surface area contributed by atoms with Crippen LogP contribution in [0.3, 0.4) is 0 Å². The van der Waals surface area contributed by atoms with Crippen LogP contribution >= 0.6 is 0 Å². The first-order chi connectivity index (χ1) is 12.0. The fourth-order valence-corrected chi connectivity index (χ4v) is 5.15. The highest BCUT2D eigenvalue weighted by atomic mass is 32.2. The highest BCUT2D eigenvalue weighted by Crippen LogP contribution is 2.19. The van der Waals surface area contributed by atoms with Crippen molar-refractivity contribution in [1.82, 2.24) is 15.1 Å². The molecule has 0 bridgehead atoms. The molecular weight excluding hydrogens is 342 g/mol. The largest absolute Gasteiger partial charge is 0.497 e. The SMILES string of the molecule is COc1ccc(CNC(=O)N2CCN(C3CCS(=O)(=O)C3)CC2)cc1. The Balaban J connectivity index is 1.43. The van der Waals surface area contributed by atoms with Crippen molar-refractivity contribution in [3.05, 3.63) is 29.8 Å². The van der Waals surface area contributed by atoms with Crippen LogP contribution in [0.2, 0.25) is 0 Å². The topological polar surface area (TPSA) is 79.0 Å². The maximum Gasteiger partial charge on any atom is 0.317 e. The van der Waals surface area contributed by atoms with Gasteiger partial charge in [-0.3, -0.25) is 4.90 Å². The number of nitrogens with zero attached hydrogens (tertiary/aromatic N) is 2. The van der Waals surface area contributed by atoms with Gasteiger partial charge in [-0.05, 0) is 24.1 Å². The van der Waals surface area contributed by atoms with E-state index in [0.29, 0.717) is 31.8 Å². The molecule has 1 atom stereocenters. The zero-order chi connectivity index (χ0) is 17.9. The third-order valence-corrected chi connectivity index (χ3v) is 6.68. The number of piperazine rings is 1. The molecule has 8 heteroatoms. The quantitative estimate of drug-likeness (QED) is 0.848. The average molecular weight is 367 g/mol. The number of rotatable bonds is 4. The molecule has 2 aliphatic heterocycles. The summed E-state index contributed by atoms with van der Waals surface area (Å²) >= 11 is 0. The zero-order valence-corrected chi connectivity index (χ0v) is 15.3. The molecule has 0 radical (unpaired) electrons. The monoisotopic (exact) mass is 367 g/mol. The lowest BCUT2D eigenvalue weighted by Gasteiger charge is -2.37. The van der Waals surface area contributed by atoms with Crippen LogP contribution in [-0.4, -0.2) is 75.1 Å². The van der Waals surface area contributed by atoms with Crippen molar-refractivity contribution in [1.29, 1.82) is 0 Å². The second-order valence-corrected chi connectivity index (χ2v) is 8.82. The molecule has 1 aromatic rings. The number of nitrogens with one attached hydrogen (secondary N) is 1. The molecular formula is C17H25N3O4S. The molecule has 2 saturated heterocycles.